The van der Waals surface area contributed by atoms with Crippen LogP contribution in [-0.4, -0.2) is 18.6 Å². The normalized spacial score (nSPS) is 11.5. The van der Waals surface area contributed by atoms with Crippen LogP contribution in [0.1, 0.15) is 16.7 Å². The van der Waals surface area contributed by atoms with Gasteiger partial charge in [-0.1, -0.05) is 42.0 Å². The Morgan fingerprint density at radius 2 is 1.73 bits per heavy atom. The minimum absolute atomic E-state index is 0.190. The molecule has 3 rings (SSSR count). The molecule has 0 bridgehead atoms. The monoisotopic (exact) mass is 369 g/mol. The molecule has 3 aromatic rings. The highest BCUT2D eigenvalue weighted by atomic mass is 32.2. The molecule has 134 valence electrons. The van der Waals surface area contributed by atoms with Gasteiger partial charge < -0.3 is 0 Å². The minimum Gasteiger partial charge on any atom is -0.268 e. The SMILES string of the molecule is Cc1ccc(CNS(=O)(=O)c2cc(-c3ccc(=O)[nH]n3)ccc2C)cc1. The van der Waals surface area contributed by atoms with E-state index in [1.54, 1.807) is 31.2 Å². The van der Waals surface area contributed by atoms with Crippen LogP contribution < -0.4 is 10.3 Å². The van der Waals surface area contributed by atoms with Gasteiger partial charge in [-0.25, -0.2) is 18.2 Å². The fourth-order valence-corrected chi connectivity index (χ4v) is 3.80. The molecule has 2 aromatic carbocycles. The first kappa shape index (κ1) is 18.0. The van der Waals surface area contributed by atoms with Crippen molar-refractivity contribution in [2.45, 2.75) is 25.3 Å². The van der Waals surface area contributed by atoms with Crippen LogP contribution in [-0.2, 0) is 16.6 Å². The van der Waals surface area contributed by atoms with Gasteiger partial charge in [-0.15, -0.1) is 0 Å². The van der Waals surface area contributed by atoms with Gasteiger partial charge in [0.1, 0.15) is 0 Å². The van der Waals surface area contributed by atoms with Crippen molar-refractivity contribution in [2.24, 2.45) is 0 Å². The summed E-state index contributed by atoms with van der Waals surface area (Å²) < 4.78 is 28.1. The van der Waals surface area contributed by atoms with E-state index in [1.165, 1.54) is 6.07 Å². The Labute approximate surface area is 152 Å². The Morgan fingerprint density at radius 3 is 2.38 bits per heavy atom. The van der Waals surface area contributed by atoms with Crippen molar-refractivity contribution in [1.29, 1.82) is 0 Å². The summed E-state index contributed by atoms with van der Waals surface area (Å²) in [6.07, 6.45) is 0. The molecule has 0 aliphatic heterocycles. The first-order valence-electron chi connectivity index (χ1n) is 8.07. The van der Waals surface area contributed by atoms with Gasteiger partial charge >= 0.3 is 0 Å². The number of hydrogen-bond acceptors (Lipinski definition) is 4. The maximum Gasteiger partial charge on any atom is 0.264 e. The van der Waals surface area contributed by atoms with Gasteiger partial charge in [0.2, 0.25) is 10.0 Å². The molecular weight excluding hydrogens is 350 g/mol. The van der Waals surface area contributed by atoms with Gasteiger partial charge in [0.25, 0.3) is 5.56 Å². The zero-order valence-corrected chi connectivity index (χ0v) is 15.3. The molecule has 7 heteroatoms. The molecular formula is C19H19N3O3S. The number of aryl methyl sites for hydroxylation is 2. The van der Waals surface area contributed by atoms with Crippen molar-refractivity contribution in [3.8, 4) is 11.3 Å². The van der Waals surface area contributed by atoms with E-state index in [9.17, 15) is 13.2 Å². The summed E-state index contributed by atoms with van der Waals surface area (Å²) >= 11 is 0. The second kappa shape index (κ2) is 7.23. The quantitative estimate of drug-likeness (QED) is 0.723. The number of H-pyrrole nitrogens is 1. The number of nitrogens with zero attached hydrogens (tertiary/aromatic N) is 1. The van der Waals surface area contributed by atoms with Crippen LogP contribution in [0.25, 0.3) is 11.3 Å². The van der Waals surface area contributed by atoms with Gasteiger partial charge in [0.05, 0.1) is 10.6 Å². The van der Waals surface area contributed by atoms with Gasteiger partial charge in [0, 0.05) is 18.2 Å². The molecule has 0 unspecified atom stereocenters. The lowest BCUT2D eigenvalue weighted by molar-refractivity contribution is 0.580. The Morgan fingerprint density at radius 1 is 1.00 bits per heavy atom. The summed E-state index contributed by atoms with van der Waals surface area (Å²) in [5, 5.41) is 6.30. The molecule has 0 radical (unpaired) electrons. The third-order valence-electron chi connectivity index (χ3n) is 4.04. The summed E-state index contributed by atoms with van der Waals surface area (Å²) in [5.74, 6) is 0. The number of aromatic nitrogens is 2. The van der Waals surface area contributed by atoms with Crippen molar-refractivity contribution in [3.05, 3.63) is 81.6 Å². The Hall–Kier alpha value is -2.77. The average Bonchev–Trinajstić information content (AvgIpc) is 2.62. The number of sulfonamides is 1. The first-order valence-corrected chi connectivity index (χ1v) is 9.55. The third-order valence-corrected chi connectivity index (χ3v) is 5.58. The van der Waals surface area contributed by atoms with Gasteiger partial charge in [-0.3, -0.25) is 4.79 Å². The highest BCUT2D eigenvalue weighted by Crippen LogP contribution is 2.23. The molecule has 0 aliphatic rings. The largest absolute Gasteiger partial charge is 0.268 e. The molecule has 1 aromatic heterocycles. The van der Waals surface area contributed by atoms with E-state index in [4.69, 9.17) is 0 Å². The lowest BCUT2D eigenvalue weighted by Gasteiger charge is -2.11. The summed E-state index contributed by atoms with van der Waals surface area (Å²) in [6, 6.07) is 15.6. The molecule has 0 spiro atoms. The van der Waals surface area contributed by atoms with Crippen molar-refractivity contribution in [1.82, 2.24) is 14.9 Å². The number of aromatic amines is 1. The van der Waals surface area contributed by atoms with E-state index >= 15 is 0 Å². The second-order valence-corrected chi connectivity index (χ2v) is 7.83. The van der Waals surface area contributed by atoms with Crippen LogP contribution in [0.5, 0.6) is 0 Å². The molecule has 0 fully saturated rings. The average molecular weight is 369 g/mol. The van der Waals surface area contributed by atoms with Gasteiger partial charge in [0.15, 0.2) is 0 Å². The summed E-state index contributed by atoms with van der Waals surface area (Å²) in [5.41, 5.74) is 3.44. The molecule has 0 atom stereocenters. The topological polar surface area (TPSA) is 91.9 Å². The van der Waals surface area contributed by atoms with E-state index in [0.717, 1.165) is 11.1 Å². The minimum atomic E-state index is -3.69. The van der Waals surface area contributed by atoms with Crippen molar-refractivity contribution >= 4 is 10.0 Å². The summed E-state index contributed by atoms with van der Waals surface area (Å²) in [6.45, 7) is 3.93. The van der Waals surface area contributed by atoms with Crippen LogP contribution in [0.3, 0.4) is 0 Å². The highest BCUT2D eigenvalue weighted by Gasteiger charge is 2.18. The maximum atomic E-state index is 12.7. The lowest BCUT2D eigenvalue weighted by atomic mass is 10.1. The first-order chi connectivity index (χ1) is 12.3. The van der Waals surface area contributed by atoms with Gasteiger partial charge in [-0.2, -0.15) is 5.10 Å². The van der Waals surface area contributed by atoms with E-state index in [0.29, 0.717) is 16.8 Å². The zero-order valence-electron chi connectivity index (χ0n) is 14.5. The third kappa shape index (κ3) is 4.07. The molecule has 26 heavy (non-hydrogen) atoms. The molecule has 1 heterocycles. The maximum absolute atomic E-state index is 12.7. The molecule has 2 N–H and O–H groups in total. The number of hydrogen-bond donors (Lipinski definition) is 2. The number of rotatable bonds is 5. The number of benzene rings is 2. The van der Waals surface area contributed by atoms with Crippen LogP contribution in [0.4, 0.5) is 0 Å². The molecule has 0 saturated heterocycles. The zero-order chi connectivity index (χ0) is 18.7. The van der Waals surface area contributed by atoms with E-state index in [2.05, 4.69) is 14.9 Å². The fraction of sp³-hybridized carbons (Fsp3) is 0.158. The number of nitrogens with one attached hydrogen (secondary N) is 2. The molecule has 0 amide bonds. The van der Waals surface area contributed by atoms with Crippen molar-refractivity contribution < 1.29 is 8.42 Å². The van der Waals surface area contributed by atoms with Crippen LogP contribution in [0.15, 0.2) is 64.3 Å². The Bertz CT molecular complexity index is 1070. The predicted molar refractivity (Wildman–Crippen MR) is 100 cm³/mol. The Kier molecular flexibility index (Phi) is 5.01. The van der Waals surface area contributed by atoms with Gasteiger partial charge in [-0.05, 0) is 37.1 Å². The van der Waals surface area contributed by atoms with E-state index < -0.39 is 10.0 Å². The van der Waals surface area contributed by atoms with E-state index in [1.807, 2.05) is 31.2 Å². The van der Waals surface area contributed by atoms with E-state index in [-0.39, 0.29) is 17.0 Å². The molecule has 6 nitrogen and oxygen atoms in total. The molecule has 0 saturated carbocycles. The Balaban J connectivity index is 1.88. The van der Waals surface area contributed by atoms with Crippen molar-refractivity contribution in [2.75, 3.05) is 0 Å². The molecule has 0 aliphatic carbocycles. The summed E-state index contributed by atoms with van der Waals surface area (Å²) in [4.78, 5) is 11.3. The second-order valence-electron chi connectivity index (χ2n) is 6.10. The fourth-order valence-electron chi connectivity index (χ4n) is 2.52. The van der Waals surface area contributed by atoms with Crippen LogP contribution in [0.2, 0.25) is 0 Å². The summed E-state index contributed by atoms with van der Waals surface area (Å²) in [7, 11) is -3.69. The highest BCUT2D eigenvalue weighted by molar-refractivity contribution is 7.89. The lowest BCUT2D eigenvalue weighted by Crippen LogP contribution is -2.24. The van der Waals surface area contributed by atoms with Crippen LogP contribution >= 0.6 is 0 Å². The standard InChI is InChI=1S/C19H19N3O3S/c1-13-3-6-15(7-4-13)12-20-26(24,25)18-11-16(8-5-14(18)2)17-9-10-19(23)22-21-17/h3-11,20H,12H2,1-2H3,(H,22,23). The van der Waals surface area contributed by atoms with Crippen LogP contribution in [0, 0.1) is 13.8 Å². The predicted octanol–water partition coefficient (Wildman–Crippen LogP) is 2.53. The van der Waals surface area contributed by atoms with Crippen molar-refractivity contribution in [3.63, 3.8) is 0 Å². The smallest absolute Gasteiger partial charge is 0.264 e.